The molecule has 4 nitrogen and oxygen atoms in total. The Morgan fingerprint density at radius 1 is 1.38 bits per heavy atom. The lowest BCUT2D eigenvalue weighted by atomic mass is 9.85. The molecular formula is C15H16ClFN2O2. The van der Waals surface area contributed by atoms with Crippen molar-refractivity contribution in [2.75, 3.05) is 13.1 Å². The predicted octanol–water partition coefficient (Wildman–Crippen LogP) is 2.22. The van der Waals surface area contributed by atoms with Crippen molar-refractivity contribution < 1.29 is 14.0 Å². The summed E-state index contributed by atoms with van der Waals surface area (Å²) in [4.78, 5) is 25.6. The third-order valence-electron chi connectivity index (χ3n) is 4.28. The Hall–Kier alpha value is -1.62. The second kappa shape index (κ2) is 5.64. The topological polar surface area (TPSA) is 49.4 Å². The first-order chi connectivity index (χ1) is 10.0. The number of hydrogen-bond donors (Lipinski definition) is 1. The van der Waals surface area contributed by atoms with E-state index in [0.717, 1.165) is 12.8 Å². The fraction of sp³-hybridized carbons (Fsp3) is 0.467. The third-order valence-corrected chi connectivity index (χ3v) is 4.57. The lowest BCUT2D eigenvalue weighted by Gasteiger charge is -2.41. The van der Waals surface area contributed by atoms with Gasteiger partial charge < -0.3 is 10.2 Å². The van der Waals surface area contributed by atoms with E-state index in [4.69, 9.17) is 11.6 Å². The van der Waals surface area contributed by atoms with E-state index in [2.05, 4.69) is 5.32 Å². The molecule has 0 bridgehead atoms. The van der Waals surface area contributed by atoms with Crippen LogP contribution < -0.4 is 5.32 Å². The lowest BCUT2D eigenvalue weighted by molar-refractivity contribution is -0.125. The van der Waals surface area contributed by atoms with Gasteiger partial charge in [-0.3, -0.25) is 9.59 Å². The molecule has 0 spiro atoms. The van der Waals surface area contributed by atoms with E-state index in [1.165, 1.54) is 18.2 Å². The van der Waals surface area contributed by atoms with Crippen LogP contribution in [0.3, 0.4) is 0 Å². The zero-order valence-corrected chi connectivity index (χ0v) is 12.2. The number of halogens is 2. The first-order valence-corrected chi connectivity index (χ1v) is 7.46. The number of nitrogens with one attached hydrogen (secondary N) is 1. The fourth-order valence-electron chi connectivity index (χ4n) is 3.11. The molecule has 1 aromatic carbocycles. The van der Waals surface area contributed by atoms with Crippen LogP contribution in [0.2, 0.25) is 5.02 Å². The molecule has 0 saturated carbocycles. The molecule has 1 aromatic rings. The van der Waals surface area contributed by atoms with Gasteiger partial charge in [0.15, 0.2) is 0 Å². The fourth-order valence-corrected chi connectivity index (χ4v) is 3.29. The van der Waals surface area contributed by atoms with Gasteiger partial charge in [0.1, 0.15) is 5.82 Å². The lowest BCUT2D eigenvalue weighted by Crippen LogP contribution is -2.55. The number of carbonyl (C=O) groups is 2. The highest BCUT2D eigenvalue weighted by Crippen LogP contribution is 2.27. The molecular weight excluding hydrogens is 295 g/mol. The van der Waals surface area contributed by atoms with Crippen LogP contribution in [0.1, 0.15) is 29.6 Å². The third kappa shape index (κ3) is 2.88. The largest absolute Gasteiger partial charge is 0.353 e. The van der Waals surface area contributed by atoms with E-state index in [0.29, 0.717) is 31.0 Å². The number of rotatable bonds is 1. The number of benzene rings is 1. The summed E-state index contributed by atoms with van der Waals surface area (Å²) in [7, 11) is 0. The number of fused-ring (bicyclic) bond motifs is 1. The smallest absolute Gasteiger partial charge is 0.253 e. The number of carbonyl (C=O) groups excluding carboxylic acids is 2. The van der Waals surface area contributed by atoms with E-state index >= 15 is 0 Å². The van der Waals surface area contributed by atoms with E-state index in [1.807, 2.05) is 0 Å². The van der Waals surface area contributed by atoms with Gasteiger partial charge in [-0.25, -0.2) is 4.39 Å². The Morgan fingerprint density at radius 3 is 2.95 bits per heavy atom. The van der Waals surface area contributed by atoms with Crippen LogP contribution in [-0.2, 0) is 4.79 Å². The van der Waals surface area contributed by atoms with Crippen molar-refractivity contribution in [3.8, 4) is 0 Å². The number of likely N-dealkylation sites (tertiary alicyclic amines) is 1. The maximum absolute atomic E-state index is 13.2. The minimum absolute atomic E-state index is 0.0411. The van der Waals surface area contributed by atoms with Crippen molar-refractivity contribution in [1.29, 1.82) is 0 Å². The summed E-state index contributed by atoms with van der Waals surface area (Å²) in [5.74, 6) is -0.258. The van der Waals surface area contributed by atoms with Crippen LogP contribution >= 0.6 is 11.6 Å². The van der Waals surface area contributed by atoms with Crippen LogP contribution in [0.25, 0.3) is 0 Å². The zero-order chi connectivity index (χ0) is 15.0. The van der Waals surface area contributed by atoms with Crippen LogP contribution in [0.15, 0.2) is 18.2 Å². The first kappa shape index (κ1) is 14.3. The highest BCUT2D eigenvalue weighted by Gasteiger charge is 2.35. The average Bonchev–Trinajstić information content (AvgIpc) is 2.49. The number of nitrogens with zero attached hydrogens (tertiary/aromatic N) is 1. The summed E-state index contributed by atoms with van der Waals surface area (Å²) in [6.45, 7) is 1.22. The number of amides is 2. The molecule has 3 rings (SSSR count). The second-order valence-electron chi connectivity index (χ2n) is 5.64. The van der Waals surface area contributed by atoms with Gasteiger partial charge in [0.25, 0.3) is 5.91 Å². The van der Waals surface area contributed by atoms with Crippen molar-refractivity contribution in [3.05, 3.63) is 34.6 Å². The Bertz CT molecular complexity index is 593. The molecule has 21 heavy (non-hydrogen) atoms. The Kier molecular flexibility index (Phi) is 3.85. The molecule has 2 saturated heterocycles. The van der Waals surface area contributed by atoms with Gasteiger partial charge in [-0.15, -0.1) is 0 Å². The molecule has 2 fully saturated rings. The van der Waals surface area contributed by atoms with Crippen molar-refractivity contribution >= 4 is 23.4 Å². The van der Waals surface area contributed by atoms with Gasteiger partial charge >= 0.3 is 0 Å². The van der Waals surface area contributed by atoms with Crippen molar-refractivity contribution in [2.24, 2.45) is 5.92 Å². The summed E-state index contributed by atoms with van der Waals surface area (Å²) in [6, 6.07) is 4.21. The maximum Gasteiger partial charge on any atom is 0.253 e. The van der Waals surface area contributed by atoms with Crippen molar-refractivity contribution in [2.45, 2.75) is 25.3 Å². The molecule has 2 amide bonds. The summed E-state index contributed by atoms with van der Waals surface area (Å²) < 4.78 is 13.2. The van der Waals surface area contributed by atoms with Gasteiger partial charge in [-0.1, -0.05) is 11.6 Å². The Balaban J connectivity index is 1.71. The zero-order valence-electron chi connectivity index (χ0n) is 11.4. The number of piperidine rings is 2. The predicted molar refractivity (Wildman–Crippen MR) is 76.6 cm³/mol. The summed E-state index contributed by atoms with van der Waals surface area (Å²) in [5.41, 5.74) is 0.402. The van der Waals surface area contributed by atoms with Gasteiger partial charge in [0, 0.05) is 31.1 Å². The molecule has 112 valence electrons. The highest BCUT2D eigenvalue weighted by atomic mass is 35.5. The van der Waals surface area contributed by atoms with Gasteiger partial charge in [0.05, 0.1) is 5.02 Å². The van der Waals surface area contributed by atoms with Crippen LogP contribution in [0.5, 0.6) is 0 Å². The van der Waals surface area contributed by atoms with Crippen LogP contribution in [-0.4, -0.2) is 35.8 Å². The second-order valence-corrected chi connectivity index (χ2v) is 6.05. The van der Waals surface area contributed by atoms with E-state index < -0.39 is 5.82 Å². The first-order valence-electron chi connectivity index (χ1n) is 7.08. The quantitative estimate of drug-likeness (QED) is 0.864. The molecule has 0 radical (unpaired) electrons. The van der Waals surface area contributed by atoms with Crippen LogP contribution in [0.4, 0.5) is 4.39 Å². The maximum atomic E-state index is 13.2. The monoisotopic (exact) mass is 310 g/mol. The van der Waals surface area contributed by atoms with Crippen LogP contribution in [0, 0.1) is 11.7 Å². The normalized spacial score (nSPS) is 25.2. The summed E-state index contributed by atoms with van der Waals surface area (Å²) in [5, 5.41) is 2.95. The Morgan fingerprint density at radius 2 is 2.19 bits per heavy atom. The van der Waals surface area contributed by atoms with Gasteiger partial charge in [0.2, 0.25) is 5.91 Å². The summed E-state index contributed by atoms with van der Waals surface area (Å²) >= 11 is 5.73. The minimum Gasteiger partial charge on any atom is -0.353 e. The molecule has 2 aliphatic rings. The van der Waals surface area contributed by atoms with Crippen molar-refractivity contribution in [3.63, 3.8) is 0 Å². The molecule has 6 heteroatoms. The Labute approximate surface area is 127 Å². The van der Waals surface area contributed by atoms with E-state index in [9.17, 15) is 14.0 Å². The standard InChI is InChI=1S/C15H16ClFN2O2/c16-11-7-9(1-3-12(11)17)15(21)19-6-5-13-10(8-19)2-4-14(20)18-13/h1,3,7,10,13H,2,4-6,8H2,(H,18,20). The summed E-state index contributed by atoms with van der Waals surface area (Å²) in [6.07, 6.45) is 2.09. The molecule has 2 aliphatic heterocycles. The molecule has 0 aliphatic carbocycles. The minimum atomic E-state index is -0.526. The highest BCUT2D eigenvalue weighted by molar-refractivity contribution is 6.31. The molecule has 0 aromatic heterocycles. The molecule has 1 N–H and O–H groups in total. The molecule has 2 heterocycles. The molecule has 2 unspecified atom stereocenters. The van der Waals surface area contributed by atoms with E-state index in [-0.39, 0.29) is 22.9 Å². The number of hydrogen-bond acceptors (Lipinski definition) is 2. The molecule has 2 atom stereocenters. The average molecular weight is 311 g/mol. The van der Waals surface area contributed by atoms with Gasteiger partial charge in [-0.05, 0) is 37.0 Å². The van der Waals surface area contributed by atoms with E-state index in [1.54, 1.807) is 4.90 Å². The SMILES string of the molecule is O=C1CCC2CN(C(=O)c3ccc(F)c(Cl)c3)CCC2N1. The van der Waals surface area contributed by atoms with Gasteiger partial charge in [-0.2, -0.15) is 0 Å². The van der Waals surface area contributed by atoms with Crippen molar-refractivity contribution in [1.82, 2.24) is 10.2 Å².